The molecule has 34 heavy (non-hydrogen) atoms. The average molecular weight is 491 g/mol. The number of amides is 1. The maximum atomic E-state index is 13.3. The molecular weight excluding hydrogens is 464 g/mol. The van der Waals surface area contributed by atoms with Crippen LogP contribution in [-0.2, 0) is 29.9 Å². The summed E-state index contributed by atoms with van der Waals surface area (Å²) in [7, 11) is 0. The maximum absolute atomic E-state index is 13.3. The highest BCUT2D eigenvalue weighted by molar-refractivity contribution is 7.99. The van der Waals surface area contributed by atoms with Crippen molar-refractivity contribution in [2.24, 2.45) is 0 Å². The first-order valence-electron chi connectivity index (χ1n) is 11.8. The molecule has 3 aromatic heterocycles. The quantitative estimate of drug-likeness (QED) is 0.446. The third-order valence-electron chi connectivity index (χ3n) is 6.81. The molecular formula is C26H26N4O2S2. The Kier molecular flexibility index (Phi) is 5.79. The number of nitrogens with zero attached hydrogens (tertiary/aromatic N) is 3. The highest BCUT2D eigenvalue weighted by atomic mass is 32.2. The van der Waals surface area contributed by atoms with Gasteiger partial charge in [-0.25, -0.2) is 4.98 Å². The van der Waals surface area contributed by atoms with Crippen LogP contribution in [-0.4, -0.2) is 37.6 Å². The molecule has 0 spiro atoms. The Bertz CT molecular complexity index is 1410. The molecule has 1 N–H and O–H groups in total. The number of thioether (sulfide) groups is 1. The number of rotatable bonds is 5. The molecule has 1 amide bonds. The average Bonchev–Trinajstić information content (AvgIpc) is 3.48. The van der Waals surface area contributed by atoms with Gasteiger partial charge in [-0.2, -0.15) is 0 Å². The van der Waals surface area contributed by atoms with Crippen molar-refractivity contribution >= 4 is 39.2 Å². The number of carbonyl (C=O) groups is 1. The first-order valence-corrected chi connectivity index (χ1v) is 13.8. The Balaban J connectivity index is 1.18. The van der Waals surface area contributed by atoms with Crippen molar-refractivity contribution in [3.05, 3.63) is 86.5 Å². The Morgan fingerprint density at radius 3 is 2.85 bits per heavy atom. The lowest BCUT2D eigenvalue weighted by Gasteiger charge is -2.37. The van der Waals surface area contributed by atoms with Gasteiger partial charge in [-0.15, -0.1) is 23.1 Å². The number of aryl methyl sites for hydroxylation is 2. The van der Waals surface area contributed by atoms with Gasteiger partial charge in [0.05, 0.1) is 22.9 Å². The molecule has 0 saturated heterocycles. The summed E-state index contributed by atoms with van der Waals surface area (Å²) in [6, 6.07) is 14.3. The standard InChI is InChI=1S/C26H26N4O2S2/c31-22(30-14-13-29-12-6-10-19(29)24(30)17-7-2-1-3-8-17)16-33-15-21-27-25(32)23-18-9-4-5-11-20(18)34-26(23)28-21/h1-3,6-8,10,12,24H,4-5,9,11,13-16H2,(H,27,28,32). The van der Waals surface area contributed by atoms with Gasteiger partial charge in [-0.05, 0) is 48.9 Å². The molecule has 1 aliphatic carbocycles. The van der Waals surface area contributed by atoms with E-state index in [1.807, 2.05) is 23.1 Å². The zero-order chi connectivity index (χ0) is 23.1. The minimum absolute atomic E-state index is 0.0349. The molecule has 6 rings (SSSR count). The fourth-order valence-corrected chi connectivity index (χ4v) is 7.29. The van der Waals surface area contributed by atoms with Crippen LogP contribution in [0.3, 0.4) is 0 Å². The van der Waals surface area contributed by atoms with Crippen molar-refractivity contribution in [1.82, 2.24) is 19.4 Å². The summed E-state index contributed by atoms with van der Waals surface area (Å²) in [4.78, 5) is 38.0. The van der Waals surface area contributed by atoms with Crippen LogP contribution in [0, 0.1) is 0 Å². The van der Waals surface area contributed by atoms with Crippen LogP contribution in [0.25, 0.3) is 10.2 Å². The van der Waals surface area contributed by atoms with E-state index in [0.29, 0.717) is 23.9 Å². The highest BCUT2D eigenvalue weighted by Gasteiger charge is 2.31. The number of fused-ring (bicyclic) bond motifs is 4. The monoisotopic (exact) mass is 490 g/mol. The van der Waals surface area contributed by atoms with Gasteiger partial charge >= 0.3 is 0 Å². The molecule has 0 bridgehead atoms. The number of thiophene rings is 1. The maximum Gasteiger partial charge on any atom is 0.259 e. The third kappa shape index (κ3) is 3.88. The van der Waals surface area contributed by atoms with Gasteiger partial charge in [-0.1, -0.05) is 30.3 Å². The molecule has 0 saturated carbocycles. The SMILES string of the molecule is O=C(CSCc1nc2sc3c(c2c(=O)[nH]1)CCCC3)N1CCn2cccc2C1c1ccccc1. The Morgan fingerprint density at radius 1 is 1.12 bits per heavy atom. The highest BCUT2D eigenvalue weighted by Crippen LogP contribution is 2.34. The van der Waals surface area contributed by atoms with Crippen LogP contribution < -0.4 is 5.56 Å². The summed E-state index contributed by atoms with van der Waals surface area (Å²) < 4.78 is 2.24. The van der Waals surface area contributed by atoms with Crippen molar-refractivity contribution < 1.29 is 4.79 Å². The van der Waals surface area contributed by atoms with Crippen LogP contribution in [0.15, 0.2) is 53.5 Å². The summed E-state index contributed by atoms with van der Waals surface area (Å²) in [5.74, 6) is 1.63. The van der Waals surface area contributed by atoms with Gasteiger partial charge in [-0.3, -0.25) is 9.59 Å². The predicted octanol–water partition coefficient (Wildman–Crippen LogP) is 4.53. The number of nitrogens with one attached hydrogen (secondary N) is 1. The summed E-state index contributed by atoms with van der Waals surface area (Å²) >= 11 is 3.18. The first-order chi connectivity index (χ1) is 16.7. The number of benzene rings is 1. The van der Waals surface area contributed by atoms with Crippen LogP contribution in [0.4, 0.5) is 0 Å². The van der Waals surface area contributed by atoms with Gasteiger partial charge in [0.25, 0.3) is 5.56 Å². The number of hydrogen-bond donors (Lipinski definition) is 1. The molecule has 1 aliphatic heterocycles. The molecule has 0 fully saturated rings. The largest absolute Gasteiger partial charge is 0.348 e. The molecule has 1 unspecified atom stereocenters. The normalized spacial score (nSPS) is 17.5. The molecule has 4 aromatic rings. The van der Waals surface area contributed by atoms with Gasteiger partial charge < -0.3 is 14.5 Å². The van der Waals surface area contributed by atoms with E-state index in [0.717, 1.165) is 47.3 Å². The fraction of sp³-hybridized carbons (Fsp3) is 0.346. The molecule has 4 heterocycles. The second kappa shape index (κ2) is 9.07. The lowest BCUT2D eigenvalue weighted by atomic mass is 9.97. The van der Waals surface area contributed by atoms with Crippen LogP contribution in [0.2, 0.25) is 0 Å². The van der Waals surface area contributed by atoms with E-state index in [1.165, 1.54) is 28.6 Å². The molecule has 8 heteroatoms. The van der Waals surface area contributed by atoms with Gasteiger partial charge in [0, 0.05) is 29.9 Å². The lowest BCUT2D eigenvalue weighted by molar-refractivity contribution is -0.131. The zero-order valence-corrected chi connectivity index (χ0v) is 20.5. The smallest absolute Gasteiger partial charge is 0.259 e. The number of H-pyrrole nitrogens is 1. The van der Waals surface area contributed by atoms with E-state index in [4.69, 9.17) is 4.98 Å². The summed E-state index contributed by atoms with van der Waals surface area (Å²) in [6.45, 7) is 1.49. The number of carbonyl (C=O) groups excluding carboxylic acids is 1. The van der Waals surface area contributed by atoms with E-state index < -0.39 is 0 Å². The van der Waals surface area contributed by atoms with Gasteiger partial charge in [0.2, 0.25) is 5.91 Å². The number of aromatic nitrogens is 3. The van der Waals surface area contributed by atoms with Crippen molar-refractivity contribution in [2.75, 3.05) is 12.3 Å². The fourth-order valence-electron chi connectivity index (χ4n) is 5.23. The van der Waals surface area contributed by atoms with E-state index in [1.54, 1.807) is 11.3 Å². The molecule has 1 aromatic carbocycles. The lowest BCUT2D eigenvalue weighted by Crippen LogP contribution is -2.43. The molecule has 6 nitrogen and oxygen atoms in total. The first kappa shape index (κ1) is 21.7. The van der Waals surface area contributed by atoms with Crippen molar-refractivity contribution in [3.63, 3.8) is 0 Å². The predicted molar refractivity (Wildman–Crippen MR) is 137 cm³/mol. The minimum Gasteiger partial charge on any atom is -0.348 e. The number of aromatic amines is 1. The minimum atomic E-state index is -0.0789. The van der Waals surface area contributed by atoms with E-state index in [9.17, 15) is 9.59 Å². The Hall–Kier alpha value is -2.84. The summed E-state index contributed by atoms with van der Waals surface area (Å²) in [5, 5.41) is 0.784. The Labute approximate surface area is 206 Å². The number of hydrogen-bond acceptors (Lipinski definition) is 5. The van der Waals surface area contributed by atoms with Gasteiger partial charge in [0.1, 0.15) is 10.7 Å². The molecule has 1 atom stereocenters. The van der Waals surface area contributed by atoms with E-state index >= 15 is 0 Å². The van der Waals surface area contributed by atoms with Crippen molar-refractivity contribution in [2.45, 2.75) is 44.0 Å². The van der Waals surface area contributed by atoms with Crippen LogP contribution >= 0.6 is 23.1 Å². The van der Waals surface area contributed by atoms with Crippen LogP contribution in [0.1, 0.15) is 46.4 Å². The van der Waals surface area contributed by atoms with E-state index in [-0.39, 0.29) is 17.5 Å². The Morgan fingerprint density at radius 2 is 1.97 bits per heavy atom. The second-order valence-corrected chi connectivity index (χ2v) is 11.0. The zero-order valence-electron chi connectivity index (χ0n) is 18.8. The summed E-state index contributed by atoms with van der Waals surface area (Å²) in [6.07, 6.45) is 6.44. The second-order valence-electron chi connectivity index (χ2n) is 8.92. The van der Waals surface area contributed by atoms with Crippen molar-refractivity contribution in [3.8, 4) is 0 Å². The topological polar surface area (TPSA) is 71.0 Å². The van der Waals surface area contributed by atoms with E-state index in [2.05, 4.69) is 40.0 Å². The van der Waals surface area contributed by atoms with Gasteiger partial charge in [0.15, 0.2) is 0 Å². The summed E-state index contributed by atoms with van der Waals surface area (Å²) in [5.41, 5.74) is 3.44. The molecule has 2 aliphatic rings. The third-order valence-corrected chi connectivity index (χ3v) is 8.93. The van der Waals surface area contributed by atoms with Crippen LogP contribution in [0.5, 0.6) is 0 Å². The van der Waals surface area contributed by atoms with Crippen molar-refractivity contribution in [1.29, 1.82) is 0 Å². The molecule has 0 radical (unpaired) electrons. The molecule has 174 valence electrons.